The lowest BCUT2D eigenvalue weighted by Gasteiger charge is -2.21. The molecule has 0 heterocycles. The Bertz CT molecular complexity index is 1860. The normalized spacial score (nSPS) is 14.3. The van der Waals surface area contributed by atoms with Crippen LogP contribution in [0.1, 0.15) is 401 Å². The summed E-state index contributed by atoms with van der Waals surface area (Å²) in [6, 6.07) is 0. The standard InChI is InChI=1S/C77H150O17P2/c1-7-10-12-14-16-34-43-49-55-61-76(81)93-72(65-87-74(79)59-53-47-41-17-15-13-11-8-2)67-91-95(83,84)89-63-71(78)64-90-96(85,86)92-68-73(66-88-75(80)60-54-48-42-37-32-28-25-24-27-31-36-40-46-52-58-70(6)9-3)94-77(82)62-56-50-44-38-33-29-23-21-19-18-20-22-26-30-35-39-45-51-57-69(4)5/h69-73,78H,7-68H2,1-6H3,(H,83,84)(H,85,86)/t70?,71-,72+,73+/m0/s1. The maximum Gasteiger partial charge on any atom is 0.472 e. The summed E-state index contributed by atoms with van der Waals surface area (Å²) in [6.45, 7) is 9.65. The van der Waals surface area contributed by atoms with E-state index in [2.05, 4.69) is 41.5 Å². The molecular formula is C77H150O17P2. The highest BCUT2D eigenvalue weighted by molar-refractivity contribution is 7.47. The SMILES string of the molecule is CCCCCCCCCCCC(=O)O[C@H](COC(=O)CCCCCCCCCC)COP(=O)(O)OC[C@H](O)COP(=O)(O)OC[C@@H](COC(=O)CCCCCCCCCCCCCCCCC(C)CC)OC(=O)CCCCCCCCCCCCCCCCCCCCC(C)C. The Morgan fingerprint density at radius 2 is 0.531 bits per heavy atom. The van der Waals surface area contributed by atoms with Crippen molar-refractivity contribution in [3.63, 3.8) is 0 Å². The molecule has 0 aliphatic rings. The molecule has 0 spiro atoms. The molecule has 3 unspecified atom stereocenters. The number of hydrogen-bond acceptors (Lipinski definition) is 15. The second kappa shape index (κ2) is 68.8. The Labute approximate surface area is 588 Å². The quantitative estimate of drug-likeness (QED) is 0.0222. The molecule has 3 N–H and O–H groups in total. The van der Waals surface area contributed by atoms with Gasteiger partial charge in [0.15, 0.2) is 12.2 Å². The summed E-state index contributed by atoms with van der Waals surface area (Å²) in [5.41, 5.74) is 0. The van der Waals surface area contributed by atoms with E-state index in [0.29, 0.717) is 25.7 Å². The Hall–Kier alpha value is -1.94. The summed E-state index contributed by atoms with van der Waals surface area (Å²) in [5.74, 6) is -0.448. The molecule has 570 valence electrons. The second-order valence-corrected chi connectivity index (χ2v) is 31.4. The number of phosphoric ester groups is 2. The van der Waals surface area contributed by atoms with Crippen LogP contribution in [0.2, 0.25) is 0 Å². The summed E-state index contributed by atoms with van der Waals surface area (Å²) in [5, 5.41) is 10.6. The van der Waals surface area contributed by atoms with Gasteiger partial charge >= 0.3 is 39.5 Å². The minimum Gasteiger partial charge on any atom is -0.462 e. The van der Waals surface area contributed by atoms with Crippen LogP contribution < -0.4 is 0 Å². The Morgan fingerprint density at radius 1 is 0.302 bits per heavy atom. The van der Waals surface area contributed by atoms with E-state index in [1.807, 2.05) is 0 Å². The first-order chi connectivity index (χ1) is 46.4. The van der Waals surface area contributed by atoms with Crippen molar-refractivity contribution in [2.45, 2.75) is 419 Å². The van der Waals surface area contributed by atoms with E-state index in [0.717, 1.165) is 108 Å². The molecule has 6 atom stereocenters. The van der Waals surface area contributed by atoms with Crippen LogP contribution in [-0.4, -0.2) is 96.7 Å². The number of rotatable bonds is 76. The number of carbonyl (C=O) groups is 4. The first-order valence-electron chi connectivity index (χ1n) is 40.0. The fourth-order valence-electron chi connectivity index (χ4n) is 11.8. The molecule has 0 rings (SSSR count). The van der Waals surface area contributed by atoms with Gasteiger partial charge in [-0.15, -0.1) is 0 Å². The monoisotopic (exact) mass is 1410 g/mol. The number of esters is 4. The van der Waals surface area contributed by atoms with Gasteiger partial charge in [-0.3, -0.25) is 37.3 Å². The second-order valence-electron chi connectivity index (χ2n) is 28.5. The lowest BCUT2D eigenvalue weighted by Crippen LogP contribution is -2.30. The Morgan fingerprint density at radius 3 is 0.792 bits per heavy atom. The minimum absolute atomic E-state index is 0.106. The van der Waals surface area contributed by atoms with Crippen molar-refractivity contribution in [1.82, 2.24) is 0 Å². The molecule has 0 fully saturated rings. The van der Waals surface area contributed by atoms with Crippen LogP contribution in [-0.2, 0) is 65.4 Å². The molecule has 0 aliphatic heterocycles. The highest BCUT2D eigenvalue weighted by atomic mass is 31.2. The molecule has 0 aromatic rings. The van der Waals surface area contributed by atoms with Crippen LogP contribution >= 0.6 is 15.6 Å². The molecule has 0 amide bonds. The average molecular weight is 1410 g/mol. The number of unbranched alkanes of at least 4 members (excludes halogenated alkanes) is 45. The predicted octanol–water partition coefficient (Wildman–Crippen LogP) is 22.7. The van der Waals surface area contributed by atoms with Gasteiger partial charge in [-0.2, -0.15) is 0 Å². The number of aliphatic hydroxyl groups is 1. The van der Waals surface area contributed by atoms with Gasteiger partial charge in [0.05, 0.1) is 26.4 Å². The molecular weight excluding hydrogens is 1260 g/mol. The van der Waals surface area contributed by atoms with E-state index in [4.69, 9.17) is 37.0 Å². The molecule has 17 nitrogen and oxygen atoms in total. The number of ether oxygens (including phenoxy) is 4. The lowest BCUT2D eigenvalue weighted by atomic mass is 9.99. The maximum atomic E-state index is 13.1. The van der Waals surface area contributed by atoms with Gasteiger partial charge in [-0.05, 0) is 37.5 Å². The van der Waals surface area contributed by atoms with E-state index in [-0.39, 0.29) is 25.7 Å². The number of carbonyl (C=O) groups excluding carboxylic acids is 4. The molecule has 0 saturated heterocycles. The fraction of sp³-hybridized carbons (Fsp3) is 0.948. The third-order valence-corrected chi connectivity index (χ3v) is 20.2. The smallest absolute Gasteiger partial charge is 0.462 e. The van der Waals surface area contributed by atoms with Crippen molar-refractivity contribution in [1.29, 1.82) is 0 Å². The van der Waals surface area contributed by atoms with E-state index in [1.54, 1.807) is 0 Å². The Kier molecular flexibility index (Phi) is 67.4. The van der Waals surface area contributed by atoms with E-state index < -0.39 is 97.5 Å². The van der Waals surface area contributed by atoms with E-state index in [1.165, 1.54) is 212 Å². The van der Waals surface area contributed by atoms with Crippen LogP contribution in [0.4, 0.5) is 0 Å². The topological polar surface area (TPSA) is 237 Å². The van der Waals surface area contributed by atoms with Crippen molar-refractivity contribution in [3.05, 3.63) is 0 Å². The summed E-state index contributed by atoms with van der Waals surface area (Å²) in [7, 11) is -9.90. The molecule has 0 aromatic heterocycles. The molecule has 19 heteroatoms. The highest BCUT2D eigenvalue weighted by Gasteiger charge is 2.30. The average Bonchev–Trinajstić information content (AvgIpc) is 1.37. The third kappa shape index (κ3) is 69.2. The third-order valence-electron chi connectivity index (χ3n) is 18.3. The summed E-state index contributed by atoms with van der Waals surface area (Å²) in [4.78, 5) is 72.6. The van der Waals surface area contributed by atoms with Gasteiger partial charge in [0.25, 0.3) is 0 Å². The zero-order valence-corrected chi connectivity index (χ0v) is 64.5. The van der Waals surface area contributed by atoms with Crippen LogP contribution in [0.3, 0.4) is 0 Å². The first-order valence-corrected chi connectivity index (χ1v) is 43.0. The van der Waals surface area contributed by atoms with Crippen molar-refractivity contribution in [2.75, 3.05) is 39.6 Å². The molecule has 0 aliphatic carbocycles. The molecule has 96 heavy (non-hydrogen) atoms. The predicted molar refractivity (Wildman–Crippen MR) is 391 cm³/mol. The van der Waals surface area contributed by atoms with Gasteiger partial charge in [-0.25, -0.2) is 9.13 Å². The molecule has 0 bridgehead atoms. The van der Waals surface area contributed by atoms with Gasteiger partial charge in [0.2, 0.25) is 0 Å². The summed E-state index contributed by atoms with van der Waals surface area (Å²) >= 11 is 0. The van der Waals surface area contributed by atoms with Crippen molar-refractivity contribution in [3.8, 4) is 0 Å². The van der Waals surface area contributed by atoms with E-state index in [9.17, 15) is 43.2 Å². The van der Waals surface area contributed by atoms with Crippen molar-refractivity contribution < 1.29 is 80.2 Å². The van der Waals surface area contributed by atoms with Crippen molar-refractivity contribution in [2.24, 2.45) is 11.8 Å². The summed E-state index contributed by atoms with van der Waals surface area (Å²) < 4.78 is 68.4. The largest absolute Gasteiger partial charge is 0.472 e. The zero-order valence-electron chi connectivity index (χ0n) is 62.7. The van der Waals surface area contributed by atoms with Crippen LogP contribution in [0, 0.1) is 11.8 Å². The highest BCUT2D eigenvalue weighted by Crippen LogP contribution is 2.45. The van der Waals surface area contributed by atoms with E-state index >= 15 is 0 Å². The van der Waals surface area contributed by atoms with Crippen molar-refractivity contribution >= 4 is 39.5 Å². The molecule has 0 saturated carbocycles. The Balaban J connectivity index is 5.16. The number of hydrogen-bond donors (Lipinski definition) is 3. The van der Waals surface area contributed by atoms with Crippen LogP contribution in [0.25, 0.3) is 0 Å². The van der Waals surface area contributed by atoms with Gasteiger partial charge < -0.3 is 33.8 Å². The minimum atomic E-state index is -4.96. The van der Waals surface area contributed by atoms with Gasteiger partial charge in [-0.1, -0.05) is 350 Å². The zero-order chi connectivity index (χ0) is 70.7. The van der Waals surface area contributed by atoms with Gasteiger partial charge in [0.1, 0.15) is 19.3 Å². The number of aliphatic hydroxyl groups excluding tert-OH is 1. The first kappa shape index (κ1) is 94.1. The van der Waals surface area contributed by atoms with Crippen LogP contribution in [0.15, 0.2) is 0 Å². The summed E-state index contributed by atoms with van der Waals surface area (Å²) in [6.07, 6.45) is 57.0. The van der Waals surface area contributed by atoms with Crippen LogP contribution in [0.5, 0.6) is 0 Å². The van der Waals surface area contributed by atoms with Gasteiger partial charge in [0, 0.05) is 25.7 Å². The molecule has 0 aromatic carbocycles. The fourth-order valence-corrected chi connectivity index (χ4v) is 13.4. The number of phosphoric acid groups is 2. The molecule has 0 radical (unpaired) electrons. The lowest BCUT2D eigenvalue weighted by molar-refractivity contribution is -0.161. The maximum absolute atomic E-state index is 13.1.